The second-order valence-electron chi connectivity index (χ2n) is 2.72. The number of rotatable bonds is 2. The molecule has 0 heterocycles. The molecule has 14 heavy (non-hydrogen) atoms. The predicted octanol–water partition coefficient (Wildman–Crippen LogP) is 1.18. The Morgan fingerprint density at radius 3 is 2.43 bits per heavy atom. The molecule has 0 amide bonds. The summed E-state index contributed by atoms with van der Waals surface area (Å²) in [6.07, 6.45) is 0. The standard InChI is InChI=1S/C7H9ClN2O3S/c1-4-2-5(14(11,12)13)3-6(8)7(4)10-9/h2-3,10H,9H2,1H3,(H,11,12,13). The Morgan fingerprint density at radius 2 is 2.07 bits per heavy atom. The fraction of sp³-hybridized carbons (Fsp3) is 0.143. The largest absolute Gasteiger partial charge is 0.322 e. The van der Waals surface area contributed by atoms with E-state index in [-0.39, 0.29) is 9.92 Å². The Bertz CT molecular complexity index is 435. The van der Waals surface area contributed by atoms with Crippen LogP contribution in [-0.4, -0.2) is 13.0 Å². The van der Waals surface area contributed by atoms with Crippen LogP contribution in [0.4, 0.5) is 5.69 Å². The first-order valence-electron chi connectivity index (χ1n) is 3.60. The van der Waals surface area contributed by atoms with Crippen molar-refractivity contribution in [2.45, 2.75) is 11.8 Å². The third-order valence-corrected chi connectivity index (χ3v) is 2.83. The zero-order chi connectivity index (χ0) is 10.9. The van der Waals surface area contributed by atoms with Crippen molar-refractivity contribution in [2.24, 2.45) is 5.84 Å². The molecule has 0 fully saturated rings. The monoisotopic (exact) mass is 236 g/mol. The highest BCUT2D eigenvalue weighted by Crippen LogP contribution is 2.28. The minimum Gasteiger partial charge on any atom is -0.322 e. The van der Waals surface area contributed by atoms with Crippen LogP contribution in [0.2, 0.25) is 5.02 Å². The molecule has 1 aromatic carbocycles. The molecule has 0 radical (unpaired) electrons. The minimum absolute atomic E-state index is 0.139. The maximum absolute atomic E-state index is 10.8. The number of aryl methyl sites for hydroxylation is 1. The molecule has 0 aliphatic rings. The molecule has 0 atom stereocenters. The zero-order valence-electron chi connectivity index (χ0n) is 7.28. The number of nitrogens with one attached hydrogen (secondary N) is 1. The van der Waals surface area contributed by atoms with Crippen LogP contribution in [0.5, 0.6) is 0 Å². The van der Waals surface area contributed by atoms with Crippen LogP contribution < -0.4 is 11.3 Å². The van der Waals surface area contributed by atoms with E-state index in [1.165, 1.54) is 6.07 Å². The molecular weight excluding hydrogens is 228 g/mol. The van der Waals surface area contributed by atoms with E-state index in [1.807, 2.05) is 0 Å². The van der Waals surface area contributed by atoms with Crippen LogP contribution in [0.1, 0.15) is 5.56 Å². The lowest BCUT2D eigenvalue weighted by Gasteiger charge is -2.08. The van der Waals surface area contributed by atoms with E-state index in [0.717, 1.165) is 6.07 Å². The topological polar surface area (TPSA) is 92.4 Å². The normalized spacial score (nSPS) is 11.4. The molecule has 0 bridgehead atoms. The van der Waals surface area contributed by atoms with Gasteiger partial charge in [0.2, 0.25) is 0 Å². The summed E-state index contributed by atoms with van der Waals surface area (Å²) in [5, 5.41) is 0.139. The van der Waals surface area contributed by atoms with Crippen molar-refractivity contribution in [1.29, 1.82) is 0 Å². The number of hydrazine groups is 1. The van der Waals surface area contributed by atoms with Crippen LogP contribution in [0, 0.1) is 6.92 Å². The number of nitrogens with two attached hydrogens (primary N) is 1. The van der Waals surface area contributed by atoms with Gasteiger partial charge in [0.25, 0.3) is 10.1 Å². The van der Waals surface area contributed by atoms with Crippen molar-refractivity contribution in [1.82, 2.24) is 0 Å². The van der Waals surface area contributed by atoms with E-state index in [2.05, 4.69) is 5.43 Å². The van der Waals surface area contributed by atoms with Crippen molar-refractivity contribution in [3.8, 4) is 0 Å². The summed E-state index contributed by atoms with van der Waals surface area (Å²) in [4.78, 5) is -0.251. The van der Waals surface area contributed by atoms with Gasteiger partial charge in [-0.15, -0.1) is 0 Å². The first kappa shape index (κ1) is 11.3. The van der Waals surface area contributed by atoms with Gasteiger partial charge < -0.3 is 5.43 Å². The SMILES string of the molecule is Cc1cc(S(=O)(=O)O)cc(Cl)c1NN. The second kappa shape index (κ2) is 3.74. The fourth-order valence-corrected chi connectivity index (χ4v) is 2.02. The van der Waals surface area contributed by atoms with Gasteiger partial charge in [-0.1, -0.05) is 11.6 Å². The molecule has 0 aromatic heterocycles. The fourth-order valence-electron chi connectivity index (χ4n) is 1.04. The quantitative estimate of drug-likeness (QED) is 0.407. The second-order valence-corrected chi connectivity index (χ2v) is 4.55. The third-order valence-electron chi connectivity index (χ3n) is 1.70. The number of hydrogen-bond donors (Lipinski definition) is 3. The molecule has 0 unspecified atom stereocenters. The van der Waals surface area contributed by atoms with E-state index >= 15 is 0 Å². The Morgan fingerprint density at radius 1 is 1.50 bits per heavy atom. The summed E-state index contributed by atoms with van der Waals surface area (Å²) in [5.41, 5.74) is 3.30. The molecule has 0 saturated heterocycles. The van der Waals surface area contributed by atoms with Gasteiger partial charge in [0.05, 0.1) is 15.6 Å². The summed E-state index contributed by atoms with van der Waals surface area (Å²) in [6.45, 7) is 1.62. The van der Waals surface area contributed by atoms with E-state index in [1.54, 1.807) is 6.92 Å². The maximum Gasteiger partial charge on any atom is 0.294 e. The lowest BCUT2D eigenvalue weighted by Crippen LogP contribution is -2.10. The summed E-state index contributed by atoms with van der Waals surface area (Å²) >= 11 is 5.72. The van der Waals surface area contributed by atoms with Crippen LogP contribution in [0.25, 0.3) is 0 Å². The lowest BCUT2D eigenvalue weighted by molar-refractivity contribution is 0.483. The van der Waals surface area contributed by atoms with Gasteiger partial charge >= 0.3 is 0 Å². The van der Waals surface area contributed by atoms with Crippen LogP contribution in [0.3, 0.4) is 0 Å². The van der Waals surface area contributed by atoms with E-state index in [9.17, 15) is 8.42 Å². The van der Waals surface area contributed by atoms with Crippen molar-refractivity contribution >= 4 is 27.4 Å². The minimum atomic E-state index is -4.23. The Kier molecular flexibility index (Phi) is 3.01. The number of benzene rings is 1. The predicted molar refractivity (Wildman–Crippen MR) is 53.8 cm³/mol. The average molecular weight is 237 g/mol. The van der Waals surface area contributed by atoms with Gasteiger partial charge in [-0.3, -0.25) is 10.4 Å². The average Bonchev–Trinajstić information content (AvgIpc) is 2.01. The van der Waals surface area contributed by atoms with Crippen LogP contribution in [-0.2, 0) is 10.1 Å². The molecule has 5 nitrogen and oxygen atoms in total. The van der Waals surface area contributed by atoms with Crippen LogP contribution >= 0.6 is 11.6 Å². The smallest absolute Gasteiger partial charge is 0.294 e. The number of nitrogen functional groups attached to an aromatic ring is 1. The molecule has 0 aliphatic carbocycles. The highest BCUT2D eigenvalue weighted by atomic mass is 35.5. The maximum atomic E-state index is 10.8. The Labute approximate surface area is 86.6 Å². The molecule has 7 heteroatoms. The first-order chi connectivity index (χ1) is 6.36. The highest BCUT2D eigenvalue weighted by Gasteiger charge is 2.13. The van der Waals surface area contributed by atoms with Crippen molar-refractivity contribution < 1.29 is 13.0 Å². The molecule has 4 N–H and O–H groups in total. The van der Waals surface area contributed by atoms with Crippen molar-refractivity contribution in [3.63, 3.8) is 0 Å². The van der Waals surface area contributed by atoms with Crippen LogP contribution in [0.15, 0.2) is 17.0 Å². The Hall–Kier alpha value is -0.820. The molecule has 0 aliphatic heterocycles. The molecule has 0 spiro atoms. The van der Waals surface area contributed by atoms with Gasteiger partial charge in [0.1, 0.15) is 0 Å². The summed E-state index contributed by atoms with van der Waals surface area (Å²) in [7, 11) is -4.23. The number of hydrogen-bond acceptors (Lipinski definition) is 4. The third kappa shape index (κ3) is 2.16. The van der Waals surface area contributed by atoms with Gasteiger partial charge in [-0.2, -0.15) is 8.42 Å². The van der Waals surface area contributed by atoms with E-state index in [4.69, 9.17) is 22.0 Å². The molecule has 0 saturated carbocycles. The Balaban J connectivity index is 3.43. The molecular formula is C7H9ClN2O3S. The van der Waals surface area contributed by atoms with E-state index < -0.39 is 10.1 Å². The van der Waals surface area contributed by atoms with Gasteiger partial charge in [0.15, 0.2) is 0 Å². The molecule has 78 valence electrons. The molecule has 1 aromatic rings. The van der Waals surface area contributed by atoms with Gasteiger partial charge in [-0.25, -0.2) is 0 Å². The first-order valence-corrected chi connectivity index (χ1v) is 5.42. The van der Waals surface area contributed by atoms with Gasteiger partial charge in [0, 0.05) is 0 Å². The zero-order valence-corrected chi connectivity index (χ0v) is 8.85. The summed E-state index contributed by atoms with van der Waals surface area (Å²) < 4.78 is 30.3. The van der Waals surface area contributed by atoms with Crippen molar-refractivity contribution in [3.05, 3.63) is 22.7 Å². The number of anilines is 1. The molecule has 1 rings (SSSR count). The highest BCUT2D eigenvalue weighted by molar-refractivity contribution is 7.85. The van der Waals surface area contributed by atoms with Gasteiger partial charge in [-0.05, 0) is 24.6 Å². The lowest BCUT2D eigenvalue weighted by atomic mass is 10.2. The number of halogens is 1. The van der Waals surface area contributed by atoms with Crippen molar-refractivity contribution in [2.75, 3.05) is 5.43 Å². The summed E-state index contributed by atoms with van der Waals surface area (Å²) in [6, 6.07) is 2.40. The summed E-state index contributed by atoms with van der Waals surface area (Å²) in [5.74, 6) is 5.16. The van der Waals surface area contributed by atoms with E-state index in [0.29, 0.717) is 11.3 Å².